The maximum Gasteiger partial charge on any atom is 0.228 e. The molecule has 1 N–H and O–H groups in total. The van der Waals surface area contributed by atoms with E-state index in [0.717, 1.165) is 82.7 Å². The first-order chi connectivity index (χ1) is 17.2. The van der Waals surface area contributed by atoms with Gasteiger partial charge in [-0.25, -0.2) is 4.98 Å². The van der Waals surface area contributed by atoms with Gasteiger partial charge in [-0.3, -0.25) is 5.10 Å². The van der Waals surface area contributed by atoms with Crippen molar-refractivity contribution in [2.24, 2.45) is 0 Å². The molecule has 2 saturated heterocycles. The molecule has 5 heterocycles. The molecule has 2 fully saturated rings. The quantitative estimate of drug-likeness (QED) is 0.435. The smallest absolute Gasteiger partial charge is 0.228 e. The number of morpholine rings is 1. The molecule has 2 aromatic heterocycles. The van der Waals surface area contributed by atoms with Crippen molar-refractivity contribution in [1.29, 1.82) is 0 Å². The Morgan fingerprint density at radius 2 is 2.00 bits per heavy atom. The predicted molar refractivity (Wildman–Crippen MR) is 138 cm³/mol. The van der Waals surface area contributed by atoms with E-state index in [-0.39, 0.29) is 6.04 Å². The highest BCUT2D eigenvalue weighted by Crippen LogP contribution is 2.48. The Hall–Kier alpha value is -3.10. The summed E-state index contributed by atoms with van der Waals surface area (Å²) in [6, 6.07) is 6.54. The number of anilines is 2. The number of nitrogens with zero attached hydrogens (tertiary/aromatic N) is 5. The van der Waals surface area contributed by atoms with Crippen LogP contribution >= 0.6 is 11.6 Å². The van der Waals surface area contributed by atoms with Gasteiger partial charge in [0.2, 0.25) is 5.95 Å². The molecule has 0 radical (unpaired) electrons. The summed E-state index contributed by atoms with van der Waals surface area (Å²) >= 11 is 7.17. The van der Waals surface area contributed by atoms with E-state index < -0.39 is 0 Å². The molecule has 0 saturated carbocycles. The lowest BCUT2D eigenvalue weighted by molar-refractivity contribution is 0.122. The van der Waals surface area contributed by atoms with E-state index in [1.165, 1.54) is 6.42 Å². The van der Waals surface area contributed by atoms with Gasteiger partial charge in [0, 0.05) is 30.6 Å². The van der Waals surface area contributed by atoms with E-state index in [4.69, 9.17) is 31.0 Å². The fourth-order valence-electron chi connectivity index (χ4n) is 5.75. The lowest BCUT2D eigenvalue weighted by Gasteiger charge is -2.35. The van der Waals surface area contributed by atoms with Crippen LogP contribution < -0.4 is 14.5 Å². The standard InChI is InChI=1S/C26H27ClN6O2/c1-15-5-6-19-18(13-28-31-19)21(15)17-12-20-22-24(23(17)27)35-14-16-4-2-3-7-33(16)25(22)30-26(29-20)32-8-10-34-11-9-32/h5-6,12-13,16H,2-4,7-11,14H2,1H3,(H,28,31)/t16-/m0/s1. The maximum absolute atomic E-state index is 7.17. The number of piperidine rings is 1. The lowest BCUT2D eigenvalue weighted by Crippen LogP contribution is -2.43. The fourth-order valence-corrected chi connectivity index (χ4v) is 6.05. The molecule has 1 atom stereocenters. The molecule has 0 amide bonds. The van der Waals surface area contributed by atoms with Gasteiger partial charge in [-0.1, -0.05) is 17.7 Å². The molecule has 3 aliphatic rings. The second kappa shape index (κ2) is 8.24. The topological polar surface area (TPSA) is 79.4 Å². The molecule has 2 aromatic carbocycles. The predicted octanol–water partition coefficient (Wildman–Crippen LogP) is 4.72. The minimum Gasteiger partial charge on any atom is -0.489 e. The molecule has 180 valence electrons. The summed E-state index contributed by atoms with van der Waals surface area (Å²) in [4.78, 5) is 14.9. The van der Waals surface area contributed by atoms with Crippen LogP contribution in [0.25, 0.3) is 32.9 Å². The number of nitrogens with one attached hydrogen (secondary N) is 1. The Bertz CT molecular complexity index is 1450. The van der Waals surface area contributed by atoms with E-state index in [9.17, 15) is 0 Å². The largest absolute Gasteiger partial charge is 0.489 e. The fraction of sp³-hybridized carbons (Fsp3) is 0.423. The van der Waals surface area contributed by atoms with Crippen molar-refractivity contribution in [2.75, 3.05) is 49.3 Å². The summed E-state index contributed by atoms with van der Waals surface area (Å²) in [7, 11) is 0. The summed E-state index contributed by atoms with van der Waals surface area (Å²) < 4.78 is 12.1. The van der Waals surface area contributed by atoms with E-state index >= 15 is 0 Å². The Morgan fingerprint density at radius 1 is 1.11 bits per heavy atom. The van der Waals surface area contributed by atoms with Crippen LogP contribution in [0.2, 0.25) is 5.02 Å². The number of H-pyrrole nitrogens is 1. The van der Waals surface area contributed by atoms with E-state index in [1.54, 1.807) is 0 Å². The first-order valence-corrected chi connectivity index (χ1v) is 12.8. The normalized spacial score (nSPS) is 20.1. The molecule has 3 aliphatic heterocycles. The van der Waals surface area contributed by atoms with Crippen LogP contribution in [0, 0.1) is 6.92 Å². The van der Waals surface area contributed by atoms with Gasteiger partial charge in [-0.05, 0) is 49.4 Å². The lowest BCUT2D eigenvalue weighted by atomic mass is 9.95. The number of ether oxygens (including phenoxy) is 2. The minimum atomic E-state index is 0.283. The zero-order valence-corrected chi connectivity index (χ0v) is 20.4. The number of aromatic amines is 1. The summed E-state index contributed by atoms with van der Waals surface area (Å²) in [5.74, 6) is 2.39. The van der Waals surface area contributed by atoms with E-state index in [2.05, 4.69) is 45.1 Å². The molecule has 0 unspecified atom stereocenters. The Morgan fingerprint density at radius 3 is 2.89 bits per heavy atom. The van der Waals surface area contributed by atoms with Crippen molar-refractivity contribution in [2.45, 2.75) is 32.2 Å². The number of benzene rings is 2. The Balaban J connectivity index is 1.52. The minimum absolute atomic E-state index is 0.283. The van der Waals surface area contributed by atoms with Crippen LogP contribution in [0.3, 0.4) is 0 Å². The Kier molecular flexibility index (Phi) is 4.99. The second-order valence-electron chi connectivity index (χ2n) is 9.65. The number of hydrogen-bond acceptors (Lipinski definition) is 7. The molecule has 0 spiro atoms. The number of fused-ring (bicyclic) bond motifs is 3. The molecule has 9 heteroatoms. The van der Waals surface area contributed by atoms with Crippen molar-refractivity contribution < 1.29 is 9.47 Å². The van der Waals surface area contributed by atoms with Gasteiger partial charge in [-0.15, -0.1) is 0 Å². The van der Waals surface area contributed by atoms with Crippen molar-refractivity contribution in [3.63, 3.8) is 0 Å². The number of hydrogen-bond donors (Lipinski definition) is 1. The van der Waals surface area contributed by atoms with Crippen molar-refractivity contribution >= 4 is 45.2 Å². The van der Waals surface area contributed by atoms with Gasteiger partial charge in [0.05, 0.1) is 46.9 Å². The number of halogens is 1. The number of rotatable bonds is 2. The van der Waals surface area contributed by atoms with Crippen molar-refractivity contribution in [3.8, 4) is 16.9 Å². The third-order valence-corrected chi connectivity index (χ3v) is 7.94. The Labute approximate surface area is 208 Å². The van der Waals surface area contributed by atoms with E-state index in [0.29, 0.717) is 30.6 Å². The summed E-state index contributed by atoms with van der Waals surface area (Å²) in [5.41, 5.74) is 4.93. The third kappa shape index (κ3) is 3.34. The van der Waals surface area contributed by atoms with Crippen LogP contribution in [0.4, 0.5) is 11.8 Å². The summed E-state index contributed by atoms with van der Waals surface area (Å²) in [5, 5.41) is 9.92. The van der Waals surface area contributed by atoms with Crippen LogP contribution in [0.1, 0.15) is 24.8 Å². The van der Waals surface area contributed by atoms with Gasteiger partial charge in [0.1, 0.15) is 12.4 Å². The van der Waals surface area contributed by atoms with Gasteiger partial charge in [-0.2, -0.15) is 10.1 Å². The number of aromatic nitrogens is 4. The average Bonchev–Trinajstić information content (AvgIpc) is 3.30. The van der Waals surface area contributed by atoms with Crippen molar-refractivity contribution in [3.05, 3.63) is 35.0 Å². The van der Waals surface area contributed by atoms with Crippen LogP contribution in [0.15, 0.2) is 24.4 Å². The molecule has 0 bridgehead atoms. The molecule has 8 nitrogen and oxygen atoms in total. The molecular weight excluding hydrogens is 464 g/mol. The highest BCUT2D eigenvalue weighted by Gasteiger charge is 2.33. The number of aryl methyl sites for hydroxylation is 1. The highest BCUT2D eigenvalue weighted by atomic mass is 35.5. The van der Waals surface area contributed by atoms with Crippen LogP contribution in [-0.2, 0) is 4.74 Å². The van der Waals surface area contributed by atoms with Gasteiger partial charge in [0.25, 0.3) is 0 Å². The van der Waals surface area contributed by atoms with Gasteiger partial charge in [0.15, 0.2) is 5.75 Å². The highest BCUT2D eigenvalue weighted by molar-refractivity contribution is 6.37. The van der Waals surface area contributed by atoms with Gasteiger partial charge < -0.3 is 19.3 Å². The monoisotopic (exact) mass is 490 g/mol. The third-order valence-electron chi connectivity index (χ3n) is 7.57. The average molecular weight is 491 g/mol. The van der Waals surface area contributed by atoms with Gasteiger partial charge >= 0.3 is 0 Å². The first-order valence-electron chi connectivity index (χ1n) is 12.4. The molecular formula is C26H27ClN6O2. The van der Waals surface area contributed by atoms with Crippen molar-refractivity contribution in [1.82, 2.24) is 20.2 Å². The zero-order chi connectivity index (χ0) is 23.5. The first kappa shape index (κ1) is 21.2. The molecule has 7 rings (SSSR count). The SMILES string of the molecule is Cc1ccc2[nH]ncc2c1-c1cc2nc(N3CCOCC3)nc3c2c(c1Cl)OC[C@@H]1CCCCN31. The molecule has 4 aromatic rings. The second-order valence-corrected chi connectivity index (χ2v) is 10.0. The summed E-state index contributed by atoms with van der Waals surface area (Å²) in [6.07, 6.45) is 5.30. The zero-order valence-electron chi connectivity index (χ0n) is 19.7. The van der Waals surface area contributed by atoms with Crippen LogP contribution in [-0.4, -0.2) is 65.7 Å². The van der Waals surface area contributed by atoms with E-state index in [1.807, 2.05) is 6.20 Å². The summed E-state index contributed by atoms with van der Waals surface area (Å²) in [6.45, 7) is 6.60. The van der Waals surface area contributed by atoms with Crippen LogP contribution in [0.5, 0.6) is 5.75 Å². The maximum atomic E-state index is 7.17. The molecule has 35 heavy (non-hydrogen) atoms. The molecule has 0 aliphatic carbocycles.